The van der Waals surface area contributed by atoms with Crippen LogP contribution < -0.4 is 4.74 Å². The number of halogens is 3. The number of alkyl halides is 1. The van der Waals surface area contributed by atoms with Crippen LogP contribution in [0.2, 0.25) is 10.0 Å². The van der Waals surface area contributed by atoms with Crippen LogP contribution in [-0.2, 0) is 0 Å². The first kappa shape index (κ1) is 16.3. The van der Waals surface area contributed by atoms with E-state index in [1.807, 2.05) is 0 Å². The van der Waals surface area contributed by atoms with Gasteiger partial charge in [0.15, 0.2) is 5.75 Å². The summed E-state index contributed by atoms with van der Waals surface area (Å²) in [6, 6.07) is 2.57. The standard InChI is InChI=1S/C12H14Cl3NO3/c1-8(2-4-13)3-5-19-12-7-10(15)9(14)6-11(12)16(17)18/h6-8H,2-5H2,1H3. The molecule has 0 aromatic heterocycles. The Labute approximate surface area is 126 Å². The summed E-state index contributed by atoms with van der Waals surface area (Å²) < 4.78 is 5.42. The number of nitrogens with zero attached hydrogens (tertiary/aromatic N) is 1. The van der Waals surface area contributed by atoms with Gasteiger partial charge in [-0.05, 0) is 18.8 Å². The normalized spacial score (nSPS) is 12.2. The van der Waals surface area contributed by atoms with Gasteiger partial charge in [0.25, 0.3) is 0 Å². The maximum Gasteiger partial charge on any atom is 0.312 e. The molecule has 0 aliphatic rings. The molecule has 1 aromatic carbocycles. The molecule has 0 amide bonds. The molecule has 0 fully saturated rings. The van der Waals surface area contributed by atoms with Gasteiger partial charge in [0.05, 0.1) is 21.6 Å². The van der Waals surface area contributed by atoms with E-state index >= 15 is 0 Å². The van der Waals surface area contributed by atoms with Crippen LogP contribution in [0.15, 0.2) is 12.1 Å². The van der Waals surface area contributed by atoms with Crippen molar-refractivity contribution in [3.05, 3.63) is 32.3 Å². The van der Waals surface area contributed by atoms with Crippen LogP contribution in [0.5, 0.6) is 5.75 Å². The lowest BCUT2D eigenvalue weighted by Crippen LogP contribution is -2.06. The molecule has 106 valence electrons. The van der Waals surface area contributed by atoms with Crippen molar-refractivity contribution in [2.24, 2.45) is 5.92 Å². The third-order valence-electron chi connectivity index (χ3n) is 2.67. The largest absolute Gasteiger partial charge is 0.487 e. The van der Waals surface area contributed by atoms with Crippen molar-refractivity contribution in [3.63, 3.8) is 0 Å². The number of nitro benzene ring substituents is 1. The van der Waals surface area contributed by atoms with E-state index < -0.39 is 4.92 Å². The van der Waals surface area contributed by atoms with Crippen LogP contribution in [-0.4, -0.2) is 17.4 Å². The summed E-state index contributed by atoms with van der Waals surface area (Å²) in [5, 5.41) is 11.3. The smallest absolute Gasteiger partial charge is 0.312 e. The van der Waals surface area contributed by atoms with E-state index in [1.54, 1.807) is 0 Å². The molecule has 0 bridgehead atoms. The Morgan fingerprint density at radius 1 is 1.32 bits per heavy atom. The van der Waals surface area contributed by atoms with E-state index in [0.717, 1.165) is 12.8 Å². The van der Waals surface area contributed by atoms with Gasteiger partial charge in [-0.15, -0.1) is 11.6 Å². The zero-order chi connectivity index (χ0) is 14.4. The lowest BCUT2D eigenvalue weighted by molar-refractivity contribution is -0.385. The lowest BCUT2D eigenvalue weighted by atomic mass is 10.1. The van der Waals surface area contributed by atoms with Crippen LogP contribution >= 0.6 is 34.8 Å². The van der Waals surface area contributed by atoms with Crippen molar-refractivity contribution in [2.75, 3.05) is 12.5 Å². The second-order valence-corrected chi connectivity index (χ2v) is 5.40. The topological polar surface area (TPSA) is 52.4 Å². The molecular formula is C12H14Cl3NO3. The van der Waals surface area contributed by atoms with Gasteiger partial charge in [-0.25, -0.2) is 0 Å². The van der Waals surface area contributed by atoms with Gasteiger partial charge in [0.2, 0.25) is 0 Å². The summed E-state index contributed by atoms with van der Waals surface area (Å²) in [6.45, 7) is 2.42. The van der Waals surface area contributed by atoms with Crippen molar-refractivity contribution >= 4 is 40.5 Å². The molecule has 19 heavy (non-hydrogen) atoms. The Kier molecular flexibility index (Phi) is 6.69. The number of hydrogen-bond donors (Lipinski definition) is 0. The average molecular weight is 327 g/mol. The summed E-state index contributed by atoms with van der Waals surface area (Å²) in [7, 11) is 0. The average Bonchev–Trinajstić information content (AvgIpc) is 2.33. The number of benzene rings is 1. The lowest BCUT2D eigenvalue weighted by Gasteiger charge is -2.11. The van der Waals surface area contributed by atoms with E-state index in [9.17, 15) is 10.1 Å². The number of ether oxygens (including phenoxy) is 1. The molecule has 1 atom stereocenters. The Bertz CT molecular complexity index is 454. The van der Waals surface area contributed by atoms with Gasteiger partial charge in [0.1, 0.15) is 0 Å². The van der Waals surface area contributed by atoms with Crippen LogP contribution in [0.1, 0.15) is 19.8 Å². The van der Waals surface area contributed by atoms with Crippen LogP contribution in [0, 0.1) is 16.0 Å². The van der Waals surface area contributed by atoms with E-state index in [4.69, 9.17) is 39.5 Å². The van der Waals surface area contributed by atoms with Crippen molar-refractivity contribution in [3.8, 4) is 5.75 Å². The molecule has 0 spiro atoms. The van der Waals surface area contributed by atoms with E-state index in [-0.39, 0.29) is 21.5 Å². The molecule has 0 aliphatic carbocycles. The third kappa shape index (κ3) is 5.05. The predicted molar refractivity (Wildman–Crippen MR) is 77.7 cm³/mol. The zero-order valence-electron chi connectivity index (χ0n) is 10.4. The maximum absolute atomic E-state index is 10.9. The fraction of sp³-hybridized carbons (Fsp3) is 0.500. The third-order valence-corrected chi connectivity index (χ3v) is 3.61. The summed E-state index contributed by atoms with van der Waals surface area (Å²) in [6.07, 6.45) is 1.65. The SMILES string of the molecule is CC(CCCl)CCOc1cc(Cl)c(Cl)cc1[N+](=O)[O-]. The van der Waals surface area contributed by atoms with Gasteiger partial charge in [0, 0.05) is 18.0 Å². The molecule has 4 nitrogen and oxygen atoms in total. The number of nitro groups is 1. The fourth-order valence-corrected chi connectivity index (χ4v) is 2.16. The van der Waals surface area contributed by atoms with Gasteiger partial charge in [-0.3, -0.25) is 10.1 Å². The second-order valence-electron chi connectivity index (χ2n) is 4.21. The molecule has 1 aromatic rings. The van der Waals surface area contributed by atoms with Crippen molar-refractivity contribution in [1.29, 1.82) is 0 Å². The molecule has 0 N–H and O–H groups in total. The first-order chi connectivity index (χ1) is 8.95. The molecule has 0 heterocycles. The predicted octanol–water partition coefficient (Wildman–Crippen LogP) is 4.94. The highest BCUT2D eigenvalue weighted by atomic mass is 35.5. The Balaban J connectivity index is 2.72. The summed E-state index contributed by atoms with van der Waals surface area (Å²) in [4.78, 5) is 10.3. The van der Waals surface area contributed by atoms with E-state index in [0.29, 0.717) is 18.4 Å². The monoisotopic (exact) mass is 325 g/mol. The molecule has 0 saturated heterocycles. The number of hydrogen-bond acceptors (Lipinski definition) is 3. The number of rotatable bonds is 7. The van der Waals surface area contributed by atoms with Gasteiger partial charge < -0.3 is 4.74 Å². The van der Waals surface area contributed by atoms with Gasteiger partial charge in [-0.1, -0.05) is 30.1 Å². The van der Waals surface area contributed by atoms with Crippen molar-refractivity contribution in [2.45, 2.75) is 19.8 Å². The van der Waals surface area contributed by atoms with Crippen molar-refractivity contribution in [1.82, 2.24) is 0 Å². The maximum atomic E-state index is 10.9. The zero-order valence-corrected chi connectivity index (χ0v) is 12.6. The molecule has 0 radical (unpaired) electrons. The second kappa shape index (κ2) is 7.78. The van der Waals surface area contributed by atoms with Crippen LogP contribution in [0.25, 0.3) is 0 Å². The molecule has 0 aliphatic heterocycles. The first-order valence-corrected chi connectivity index (χ1v) is 7.07. The highest BCUT2D eigenvalue weighted by Gasteiger charge is 2.18. The first-order valence-electron chi connectivity index (χ1n) is 5.78. The summed E-state index contributed by atoms with van der Waals surface area (Å²) >= 11 is 17.2. The minimum atomic E-state index is -0.542. The Morgan fingerprint density at radius 3 is 2.53 bits per heavy atom. The Hall–Kier alpha value is -0.710. The van der Waals surface area contributed by atoms with Crippen molar-refractivity contribution < 1.29 is 9.66 Å². The minimum Gasteiger partial charge on any atom is -0.487 e. The molecule has 1 rings (SSSR count). The summed E-state index contributed by atoms with van der Waals surface area (Å²) in [5.74, 6) is 1.13. The highest BCUT2D eigenvalue weighted by molar-refractivity contribution is 6.42. The molecule has 1 unspecified atom stereocenters. The molecule has 7 heteroatoms. The van der Waals surface area contributed by atoms with Crippen LogP contribution in [0.4, 0.5) is 5.69 Å². The quantitative estimate of drug-likeness (QED) is 0.405. The molecule has 0 saturated carbocycles. The minimum absolute atomic E-state index is 0.135. The van der Waals surface area contributed by atoms with Gasteiger partial charge in [-0.2, -0.15) is 0 Å². The van der Waals surface area contributed by atoms with Gasteiger partial charge >= 0.3 is 5.69 Å². The van der Waals surface area contributed by atoms with E-state index in [2.05, 4.69) is 6.92 Å². The summed E-state index contributed by atoms with van der Waals surface area (Å²) in [5.41, 5.74) is -0.181. The Morgan fingerprint density at radius 2 is 1.95 bits per heavy atom. The van der Waals surface area contributed by atoms with Crippen LogP contribution in [0.3, 0.4) is 0 Å². The van der Waals surface area contributed by atoms with E-state index in [1.165, 1.54) is 12.1 Å². The highest BCUT2D eigenvalue weighted by Crippen LogP contribution is 2.35. The molecular weight excluding hydrogens is 312 g/mol. The fourth-order valence-electron chi connectivity index (χ4n) is 1.48.